The van der Waals surface area contributed by atoms with Crippen molar-refractivity contribution in [1.82, 2.24) is 19.8 Å². The number of aryl methyl sites for hydroxylation is 1. The predicted molar refractivity (Wildman–Crippen MR) is 112 cm³/mol. The minimum atomic E-state index is -0.264. The van der Waals surface area contributed by atoms with Gasteiger partial charge in [-0.05, 0) is 31.9 Å². The van der Waals surface area contributed by atoms with Gasteiger partial charge in [-0.1, -0.05) is 17.7 Å². The monoisotopic (exact) mass is 420 g/mol. The fraction of sp³-hybridized carbons (Fsp3) is 0.409. The molecule has 31 heavy (non-hydrogen) atoms. The van der Waals surface area contributed by atoms with Crippen LogP contribution in [0, 0.1) is 18.3 Å². The lowest BCUT2D eigenvalue weighted by Gasteiger charge is -2.33. The van der Waals surface area contributed by atoms with E-state index >= 15 is 0 Å². The average Bonchev–Trinajstić information content (AvgIpc) is 3.15. The van der Waals surface area contributed by atoms with Crippen LogP contribution >= 0.6 is 0 Å². The molecule has 3 amide bonds. The van der Waals surface area contributed by atoms with Crippen LogP contribution in [-0.4, -0.2) is 70.5 Å². The standard InChI is InChI=1S/C22H24N6O3/c1-16-4-6-17(7-5-16)28-12-11-27(22(28)30)15-20(29)26-10-2-3-18(14-26)31-21-19(13-23)24-8-9-25-21/h4-9,18H,2-3,10-12,14-15H2,1H3. The molecule has 1 atom stereocenters. The number of rotatable bonds is 5. The number of carbonyl (C=O) groups is 2. The van der Waals surface area contributed by atoms with Crippen LogP contribution in [-0.2, 0) is 4.79 Å². The Morgan fingerprint density at radius 2 is 1.97 bits per heavy atom. The van der Waals surface area contributed by atoms with Gasteiger partial charge in [0, 0.05) is 37.7 Å². The summed E-state index contributed by atoms with van der Waals surface area (Å²) in [5, 5.41) is 9.15. The topological polar surface area (TPSA) is 103 Å². The van der Waals surface area contributed by atoms with E-state index in [0.717, 1.165) is 24.1 Å². The van der Waals surface area contributed by atoms with E-state index in [1.807, 2.05) is 37.3 Å². The van der Waals surface area contributed by atoms with Crippen molar-refractivity contribution in [3.8, 4) is 11.9 Å². The molecule has 1 unspecified atom stereocenters. The Morgan fingerprint density at radius 3 is 2.74 bits per heavy atom. The number of nitriles is 1. The number of hydrogen-bond donors (Lipinski definition) is 0. The summed E-state index contributed by atoms with van der Waals surface area (Å²) in [6, 6.07) is 9.60. The van der Waals surface area contributed by atoms with E-state index in [1.165, 1.54) is 12.4 Å². The molecular formula is C22H24N6O3. The van der Waals surface area contributed by atoms with Crippen LogP contribution in [0.3, 0.4) is 0 Å². The van der Waals surface area contributed by atoms with E-state index in [1.54, 1.807) is 14.7 Å². The Kier molecular flexibility index (Phi) is 5.98. The maximum Gasteiger partial charge on any atom is 0.325 e. The second-order valence-electron chi connectivity index (χ2n) is 7.74. The summed E-state index contributed by atoms with van der Waals surface area (Å²) in [6.45, 7) is 4.13. The summed E-state index contributed by atoms with van der Waals surface area (Å²) >= 11 is 0. The van der Waals surface area contributed by atoms with Crippen LogP contribution in [0.2, 0.25) is 0 Å². The van der Waals surface area contributed by atoms with Gasteiger partial charge in [-0.25, -0.2) is 14.8 Å². The van der Waals surface area contributed by atoms with Crippen molar-refractivity contribution in [3.05, 3.63) is 47.9 Å². The second-order valence-corrected chi connectivity index (χ2v) is 7.74. The molecular weight excluding hydrogens is 396 g/mol. The molecule has 160 valence electrons. The molecule has 1 aromatic heterocycles. The first-order valence-electron chi connectivity index (χ1n) is 10.3. The fourth-order valence-electron chi connectivity index (χ4n) is 3.86. The minimum Gasteiger partial charge on any atom is -0.470 e. The number of piperidine rings is 1. The smallest absolute Gasteiger partial charge is 0.325 e. The molecule has 9 heteroatoms. The van der Waals surface area contributed by atoms with Gasteiger partial charge in [0.25, 0.3) is 5.88 Å². The van der Waals surface area contributed by atoms with Crippen LogP contribution in [0.15, 0.2) is 36.7 Å². The quantitative estimate of drug-likeness (QED) is 0.733. The first-order valence-corrected chi connectivity index (χ1v) is 10.3. The highest BCUT2D eigenvalue weighted by Crippen LogP contribution is 2.22. The third-order valence-corrected chi connectivity index (χ3v) is 5.55. The highest BCUT2D eigenvalue weighted by atomic mass is 16.5. The summed E-state index contributed by atoms with van der Waals surface area (Å²) in [4.78, 5) is 38.7. The van der Waals surface area contributed by atoms with E-state index in [0.29, 0.717) is 26.2 Å². The Morgan fingerprint density at radius 1 is 1.19 bits per heavy atom. The van der Waals surface area contributed by atoms with E-state index in [9.17, 15) is 9.59 Å². The molecule has 9 nitrogen and oxygen atoms in total. The van der Waals surface area contributed by atoms with Crippen molar-refractivity contribution < 1.29 is 14.3 Å². The zero-order valence-corrected chi connectivity index (χ0v) is 17.4. The molecule has 1 aromatic carbocycles. The minimum absolute atomic E-state index is 0.0441. The number of urea groups is 1. The van der Waals surface area contributed by atoms with Crippen LogP contribution in [0.4, 0.5) is 10.5 Å². The molecule has 0 aliphatic carbocycles. The maximum absolute atomic E-state index is 12.9. The SMILES string of the molecule is Cc1ccc(N2CCN(CC(=O)N3CCCC(Oc4nccnc4C#N)C3)C2=O)cc1. The number of aromatic nitrogens is 2. The molecule has 2 saturated heterocycles. The summed E-state index contributed by atoms with van der Waals surface area (Å²) in [5.74, 6) is 0.0832. The van der Waals surface area contributed by atoms with E-state index < -0.39 is 0 Å². The average molecular weight is 420 g/mol. The summed E-state index contributed by atoms with van der Waals surface area (Å²) < 4.78 is 5.85. The summed E-state index contributed by atoms with van der Waals surface area (Å²) in [5.41, 5.74) is 2.10. The van der Waals surface area contributed by atoms with Crippen molar-refractivity contribution in [2.45, 2.75) is 25.9 Å². The molecule has 2 fully saturated rings. The lowest BCUT2D eigenvalue weighted by molar-refractivity contribution is -0.134. The Balaban J connectivity index is 1.35. The highest BCUT2D eigenvalue weighted by Gasteiger charge is 2.33. The first-order chi connectivity index (χ1) is 15.0. The van der Waals surface area contributed by atoms with Crippen LogP contribution in [0.25, 0.3) is 0 Å². The van der Waals surface area contributed by atoms with Crippen molar-refractivity contribution >= 4 is 17.6 Å². The van der Waals surface area contributed by atoms with Gasteiger partial charge in [0.15, 0.2) is 0 Å². The molecule has 0 bridgehead atoms. The zero-order chi connectivity index (χ0) is 21.8. The zero-order valence-electron chi connectivity index (χ0n) is 17.4. The number of amides is 3. The second kappa shape index (κ2) is 9.00. The summed E-state index contributed by atoms with van der Waals surface area (Å²) in [6.07, 6.45) is 4.19. The van der Waals surface area contributed by atoms with Crippen molar-refractivity contribution in [3.63, 3.8) is 0 Å². The number of hydrogen-bond acceptors (Lipinski definition) is 6. The van der Waals surface area contributed by atoms with Crippen molar-refractivity contribution in [1.29, 1.82) is 5.26 Å². The van der Waals surface area contributed by atoms with Gasteiger partial charge in [0.1, 0.15) is 18.7 Å². The van der Waals surface area contributed by atoms with E-state index in [-0.39, 0.29) is 36.2 Å². The largest absolute Gasteiger partial charge is 0.470 e. The first kappa shape index (κ1) is 20.6. The predicted octanol–water partition coefficient (Wildman–Crippen LogP) is 1.97. The van der Waals surface area contributed by atoms with Crippen LogP contribution in [0.5, 0.6) is 5.88 Å². The number of nitrogens with zero attached hydrogens (tertiary/aromatic N) is 6. The number of likely N-dealkylation sites (tertiary alicyclic amines) is 1. The molecule has 2 aliphatic rings. The maximum atomic E-state index is 12.9. The number of anilines is 1. The molecule has 0 saturated carbocycles. The third-order valence-electron chi connectivity index (χ3n) is 5.55. The number of carbonyl (C=O) groups excluding carboxylic acids is 2. The van der Waals surface area contributed by atoms with Gasteiger partial charge >= 0.3 is 6.03 Å². The molecule has 3 heterocycles. The van der Waals surface area contributed by atoms with Gasteiger partial charge in [-0.2, -0.15) is 5.26 Å². The number of benzene rings is 1. The van der Waals surface area contributed by atoms with Gasteiger partial charge in [0.05, 0.1) is 6.54 Å². The third kappa shape index (κ3) is 4.58. The Bertz CT molecular complexity index is 1000. The van der Waals surface area contributed by atoms with Gasteiger partial charge in [-0.15, -0.1) is 0 Å². The molecule has 2 aromatic rings. The summed E-state index contributed by atoms with van der Waals surface area (Å²) in [7, 11) is 0. The Hall–Kier alpha value is -3.67. The molecule has 0 spiro atoms. The van der Waals surface area contributed by atoms with Crippen LogP contribution in [0.1, 0.15) is 24.1 Å². The van der Waals surface area contributed by atoms with E-state index in [4.69, 9.17) is 10.00 Å². The molecule has 2 aliphatic heterocycles. The van der Waals surface area contributed by atoms with Gasteiger partial charge < -0.3 is 14.5 Å². The normalized spacial score (nSPS) is 18.8. The lowest BCUT2D eigenvalue weighted by Crippen LogP contribution is -2.48. The number of ether oxygens (including phenoxy) is 1. The van der Waals surface area contributed by atoms with E-state index in [2.05, 4.69) is 9.97 Å². The molecule has 4 rings (SSSR count). The van der Waals surface area contributed by atoms with Crippen molar-refractivity contribution in [2.24, 2.45) is 0 Å². The van der Waals surface area contributed by atoms with Gasteiger partial charge in [-0.3, -0.25) is 9.69 Å². The van der Waals surface area contributed by atoms with Gasteiger partial charge in [0.2, 0.25) is 11.6 Å². The Labute approximate surface area is 180 Å². The van der Waals surface area contributed by atoms with Crippen molar-refractivity contribution in [2.75, 3.05) is 37.6 Å². The highest BCUT2D eigenvalue weighted by molar-refractivity contribution is 5.96. The lowest BCUT2D eigenvalue weighted by atomic mass is 10.1. The van der Waals surface area contributed by atoms with Crippen LogP contribution < -0.4 is 9.64 Å². The molecule has 0 N–H and O–H groups in total. The molecule has 0 radical (unpaired) electrons. The fourth-order valence-corrected chi connectivity index (χ4v) is 3.86.